The van der Waals surface area contributed by atoms with Gasteiger partial charge in [-0.2, -0.15) is 0 Å². The number of aromatic nitrogens is 2. The molecule has 1 aliphatic carbocycles. The van der Waals surface area contributed by atoms with Crippen LogP contribution in [0.4, 0.5) is 0 Å². The summed E-state index contributed by atoms with van der Waals surface area (Å²) in [5.41, 5.74) is 10.4. The summed E-state index contributed by atoms with van der Waals surface area (Å²) in [5, 5.41) is 2.25. The number of para-hydroxylation sites is 1. The van der Waals surface area contributed by atoms with Crippen molar-refractivity contribution in [1.29, 1.82) is 0 Å². The average molecular weight is 916 g/mol. The molecule has 0 saturated heterocycles. The molecule has 3 nitrogen and oxygen atoms in total. The number of furan rings is 1. The number of pyridine rings is 2. The van der Waals surface area contributed by atoms with Gasteiger partial charge in [0, 0.05) is 31.7 Å². The fraction of sp³-hybridized carbons (Fsp3) is 0.391. The van der Waals surface area contributed by atoms with Crippen LogP contribution in [0.25, 0.3) is 44.5 Å². The van der Waals surface area contributed by atoms with Crippen LogP contribution < -0.4 is 4.40 Å². The van der Waals surface area contributed by atoms with E-state index >= 15 is 0 Å². The van der Waals surface area contributed by atoms with Crippen LogP contribution in [0.3, 0.4) is 0 Å². The summed E-state index contributed by atoms with van der Waals surface area (Å²) in [6.07, 6.45) is 13.1. The van der Waals surface area contributed by atoms with Gasteiger partial charge < -0.3 is 9.40 Å². The van der Waals surface area contributed by atoms with E-state index in [1.807, 2.05) is 30.5 Å². The maximum absolute atomic E-state index is 6.11. The van der Waals surface area contributed by atoms with E-state index in [0.29, 0.717) is 5.92 Å². The van der Waals surface area contributed by atoms with E-state index in [1.165, 1.54) is 54.4 Å². The quantitative estimate of drug-likeness (QED) is 0.118. The van der Waals surface area contributed by atoms with Gasteiger partial charge in [-0.3, -0.25) is 0 Å². The second-order valence-electron chi connectivity index (χ2n) is 16.9. The molecule has 3 aromatic carbocycles. The third-order valence-corrected chi connectivity index (χ3v) is 14.1. The largest absolute Gasteiger partial charge is 0 e. The van der Waals surface area contributed by atoms with E-state index in [4.69, 9.17) is 9.40 Å². The van der Waals surface area contributed by atoms with Gasteiger partial charge in [-0.05, 0) is 29.7 Å². The van der Waals surface area contributed by atoms with Crippen molar-refractivity contribution in [2.24, 2.45) is 11.3 Å². The maximum atomic E-state index is 6.11. The van der Waals surface area contributed by atoms with Gasteiger partial charge in [-0.25, -0.2) is 0 Å². The molecule has 0 unspecified atom stereocenters. The number of hydrogen-bond donors (Lipinski definition) is 0. The second-order valence-corrected chi connectivity index (χ2v) is 27.5. The monoisotopic (exact) mass is 917 g/mol. The van der Waals surface area contributed by atoms with Crippen LogP contribution in [0.15, 0.2) is 89.6 Å². The zero-order valence-electron chi connectivity index (χ0n) is 31.8. The molecule has 3 heterocycles. The summed E-state index contributed by atoms with van der Waals surface area (Å²) < 4.78 is 7.67. The van der Waals surface area contributed by atoms with Crippen LogP contribution in [0.2, 0.25) is 17.3 Å². The van der Waals surface area contributed by atoms with Gasteiger partial charge in [0.15, 0.2) is 0 Å². The molecule has 51 heavy (non-hydrogen) atoms. The molecule has 0 amide bonds. The van der Waals surface area contributed by atoms with Crippen LogP contribution in [0.1, 0.15) is 89.3 Å². The molecule has 269 valence electrons. The first kappa shape index (κ1) is 39.2. The van der Waals surface area contributed by atoms with Crippen molar-refractivity contribution in [3.05, 3.63) is 114 Å². The summed E-state index contributed by atoms with van der Waals surface area (Å²) in [5.74, 6) is 8.81. The molecule has 0 N–H and O–H groups in total. The van der Waals surface area contributed by atoms with E-state index in [2.05, 4.69) is 124 Å². The van der Waals surface area contributed by atoms with Crippen molar-refractivity contribution in [2.45, 2.75) is 103 Å². The Kier molecular flexibility index (Phi) is 12.9. The Morgan fingerprint density at radius 1 is 0.843 bits per heavy atom. The van der Waals surface area contributed by atoms with E-state index in [1.54, 1.807) is 4.40 Å². The Morgan fingerprint density at radius 2 is 1.59 bits per heavy atom. The third kappa shape index (κ3) is 9.89. The molecule has 5 heteroatoms. The van der Waals surface area contributed by atoms with Crippen LogP contribution in [0, 0.1) is 23.5 Å². The summed E-state index contributed by atoms with van der Waals surface area (Å²) in [4.78, 5) is 9.45. The minimum atomic E-state index is -1.91. The van der Waals surface area contributed by atoms with Crippen molar-refractivity contribution in [3.63, 3.8) is 0 Å². The van der Waals surface area contributed by atoms with Crippen LogP contribution in [-0.4, -0.2) is 23.2 Å². The van der Waals surface area contributed by atoms with Crippen molar-refractivity contribution in [3.8, 4) is 22.5 Å². The summed E-state index contributed by atoms with van der Waals surface area (Å²) in [7, 11) is 0. The Labute approximate surface area is 322 Å². The second kappa shape index (κ2) is 16.7. The fourth-order valence-electron chi connectivity index (χ4n) is 7.46. The zero-order valence-corrected chi connectivity index (χ0v) is 36.3. The van der Waals surface area contributed by atoms with E-state index in [9.17, 15) is 0 Å². The van der Waals surface area contributed by atoms with E-state index in [0.717, 1.165) is 57.6 Å². The molecule has 1 radical (unpaired) electrons. The first-order valence-electron chi connectivity index (χ1n) is 18.6. The smallest absolute Gasteiger partial charge is 0 e. The Morgan fingerprint density at radius 3 is 2.31 bits per heavy atom. The zero-order chi connectivity index (χ0) is 35.5. The first-order valence-corrected chi connectivity index (χ1v) is 26.0. The average Bonchev–Trinajstić information content (AvgIpc) is 3.47. The van der Waals surface area contributed by atoms with Crippen LogP contribution in [-0.2, 0) is 32.9 Å². The minimum absolute atomic E-state index is 0. The van der Waals surface area contributed by atoms with Crippen molar-refractivity contribution in [1.82, 2.24) is 9.97 Å². The van der Waals surface area contributed by atoms with Gasteiger partial charge in [-0.1, -0.05) is 61.5 Å². The predicted molar refractivity (Wildman–Crippen MR) is 215 cm³/mol. The topological polar surface area (TPSA) is 38.9 Å². The van der Waals surface area contributed by atoms with E-state index < -0.39 is 13.3 Å². The normalized spacial score (nSPS) is 14.0. The van der Waals surface area contributed by atoms with Crippen molar-refractivity contribution >= 4 is 39.6 Å². The van der Waals surface area contributed by atoms with E-state index in [-0.39, 0.29) is 25.5 Å². The van der Waals surface area contributed by atoms with Gasteiger partial charge >= 0.3 is 163 Å². The first-order chi connectivity index (χ1) is 23.9. The molecule has 3 aromatic heterocycles. The van der Waals surface area contributed by atoms with Crippen molar-refractivity contribution in [2.75, 3.05) is 0 Å². The van der Waals surface area contributed by atoms with Crippen molar-refractivity contribution < 1.29 is 24.5 Å². The molecule has 1 saturated carbocycles. The van der Waals surface area contributed by atoms with Crippen LogP contribution in [0.5, 0.6) is 0 Å². The summed E-state index contributed by atoms with van der Waals surface area (Å²) in [6, 6.07) is 32.3. The summed E-state index contributed by atoms with van der Waals surface area (Å²) in [6.45, 7) is 11.4. The minimum Gasteiger partial charge on any atom is 0 e. The van der Waals surface area contributed by atoms with Gasteiger partial charge in [-0.15, -0.1) is 18.2 Å². The molecule has 1 aliphatic rings. The van der Waals surface area contributed by atoms with Gasteiger partial charge in [0.05, 0.1) is 5.58 Å². The molecule has 6 aromatic rings. The van der Waals surface area contributed by atoms with Gasteiger partial charge in [0.1, 0.15) is 5.58 Å². The predicted octanol–water partition coefficient (Wildman–Crippen LogP) is 12.4. The molecule has 1 fully saturated rings. The molecular formula is C46H54GeIrN2O-2. The molecule has 0 bridgehead atoms. The number of rotatable bonds is 7. The van der Waals surface area contributed by atoms with Crippen LogP contribution >= 0.6 is 0 Å². The molecule has 0 aliphatic heterocycles. The maximum Gasteiger partial charge on any atom is 0 e. The molecule has 0 spiro atoms. The fourth-order valence-corrected chi connectivity index (χ4v) is 10.8. The number of fused-ring (bicyclic) bond motifs is 3. The Balaban J connectivity index is 0.000000194. The molecular weight excluding hydrogens is 861 g/mol. The Hall–Kier alpha value is -3.05. The van der Waals surface area contributed by atoms with Gasteiger partial charge in [0.25, 0.3) is 0 Å². The SMILES string of the molecule is CC(C)(C)Cc1ccnc(-c2[c-]ccc3c2oc2ccccc23)c1.CC(C)Cc1cc(-c2[c-]ccc(C3CCCCC3)c2)nc[c]1[Ge]([CH3])([CH3])[CH3].[Ir]. The standard InChI is InChI=1S/C24H34GeN.C22H20NO.Ir/c1-18(2)14-22-16-24(26-17-23(22)25(3,4)5)21-13-9-12-20(15-21)19-10-7-6-8-11-19;1-22(2,3)14-15-11-12-23-19(13-15)18-9-6-8-17-16-7-4-5-10-20(16)24-21(17)18;/h9,12,15-19H,6-8,10-11,14H2,1-5H3;4-8,10-13H,14H2,1-3H3;/q2*-1;. The number of nitrogens with zero attached hydrogens (tertiary/aromatic N) is 2. The number of hydrogen-bond acceptors (Lipinski definition) is 3. The number of benzene rings is 3. The summed E-state index contributed by atoms with van der Waals surface area (Å²) >= 11 is -1.91. The molecule has 7 rings (SSSR count). The molecule has 0 atom stereocenters. The third-order valence-electron chi connectivity index (χ3n) is 9.76. The van der Waals surface area contributed by atoms with Gasteiger partial charge in [0.2, 0.25) is 0 Å². The Bertz CT molecular complexity index is 2060.